The van der Waals surface area contributed by atoms with Crippen LogP contribution in [-0.4, -0.2) is 31.1 Å². The minimum absolute atomic E-state index is 0.165. The highest BCUT2D eigenvalue weighted by Crippen LogP contribution is 2.51. The average molecular weight is 430 g/mol. The van der Waals surface area contributed by atoms with Crippen LogP contribution in [0.15, 0.2) is 48.5 Å². The van der Waals surface area contributed by atoms with E-state index in [1.165, 1.54) is 0 Å². The number of fused-ring (bicyclic) bond motifs is 10. The van der Waals surface area contributed by atoms with Gasteiger partial charge in [0.2, 0.25) is 5.88 Å². The maximum Gasteiger partial charge on any atom is 0.254 e. The smallest absolute Gasteiger partial charge is 0.254 e. The molecule has 4 aromatic carbocycles. The van der Waals surface area contributed by atoms with Crippen molar-refractivity contribution in [1.82, 2.24) is 20.3 Å². The van der Waals surface area contributed by atoms with E-state index in [1.807, 2.05) is 48.5 Å². The molecule has 1 aliphatic rings. The third kappa shape index (κ3) is 1.82. The van der Waals surface area contributed by atoms with Gasteiger partial charge in [-0.05, 0) is 17.7 Å². The monoisotopic (exact) mass is 430 g/mol. The summed E-state index contributed by atoms with van der Waals surface area (Å²) in [7, 11) is 0. The Morgan fingerprint density at radius 3 is 2.09 bits per heavy atom. The van der Waals surface area contributed by atoms with Crippen molar-refractivity contribution < 1.29 is 15.0 Å². The number of nitrogens with one attached hydrogen (secondary N) is 2. The van der Waals surface area contributed by atoms with Crippen molar-refractivity contribution in [2.45, 2.75) is 6.54 Å². The number of pyridine rings is 1. The first-order valence-corrected chi connectivity index (χ1v) is 10.7. The fourth-order valence-corrected chi connectivity index (χ4v) is 5.74. The molecule has 33 heavy (non-hydrogen) atoms. The summed E-state index contributed by atoms with van der Waals surface area (Å²) < 4.78 is 0. The molecular weight excluding hydrogens is 416 g/mol. The number of amides is 1. The molecule has 4 heterocycles. The largest absolute Gasteiger partial charge is 0.494 e. The first kappa shape index (κ1) is 17.0. The number of nitrogens with zero attached hydrogens (tertiary/aromatic N) is 2. The first-order chi connectivity index (χ1) is 16.1. The SMILES string of the molecule is O=C1NCc2c3c1c1nc4ccccc4c1c1c(O)[nH]c(O)c(c4nc5ccccc5c24)c31. The molecule has 156 valence electrons. The van der Waals surface area contributed by atoms with E-state index in [0.717, 1.165) is 32.8 Å². The van der Waals surface area contributed by atoms with Gasteiger partial charge in [-0.15, -0.1) is 0 Å². The lowest BCUT2D eigenvalue weighted by molar-refractivity contribution is 0.0951. The Hall–Kier alpha value is -4.65. The number of hydrogen-bond donors (Lipinski definition) is 4. The molecule has 0 spiro atoms. The molecule has 7 heteroatoms. The molecule has 0 fully saturated rings. The number of aromatic hydroxyl groups is 2. The van der Waals surface area contributed by atoms with Gasteiger partial charge in [0.1, 0.15) is 0 Å². The van der Waals surface area contributed by atoms with Crippen LogP contribution in [0.1, 0.15) is 15.9 Å². The van der Waals surface area contributed by atoms with Crippen LogP contribution in [0.3, 0.4) is 0 Å². The molecule has 7 nitrogen and oxygen atoms in total. The molecule has 0 aliphatic carbocycles. The van der Waals surface area contributed by atoms with Gasteiger partial charge in [0.25, 0.3) is 5.91 Å². The van der Waals surface area contributed by atoms with E-state index in [2.05, 4.69) is 10.3 Å². The Morgan fingerprint density at radius 2 is 1.33 bits per heavy atom. The van der Waals surface area contributed by atoms with Gasteiger partial charge in [-0.1, -0.05) is 36.4 Å². The van der Waals surface area contributed by atoms with Crippen LogP contribution < -0.4 is 5.32 Å². The summed E-state index contributed by atoms with van der Waals surface area (Å²) in [6, 6.07) is 15.4. The minimum atomic E-state index is -0.214. The molecular formula is C26H14N4O3. The van der Waals surface area contributed by atoms with Crippen molar-refractivity contribution in [3.63, 3.8) is 0 Å². The van der Waals surface area contributed by atoms with Crippen molar-refractivity contribution in [3.8, 4) is 11.8 Å². The van der Waals surface area contributed by atoms with E-state index < -0.39 is 0 Å². The summed E-state index contributed by atoms with van der Waals surface area (Å²) in [5, 5.41) is 30.8. The van der Waals surface area contributed by atoms with Crippen molar-refractivity contribution in [2.24, 2.45) is 0 Å². The zero-order chi connectivity index (χ0) is 22.0. The average Bonchev–Trinajstić information content (AvgIpc) is 3.38. The van der Waals surface area contributed by atoms with Gasteiger partial charge in [0.15, 0.2) is 5.88 Å². The lowest BCUT2D eigenvalue weighted by atomic mass is 9.86. The molecule has 7 aromatic rings. The summed E-state index contributed by atoms with van der Waals surface area (Å²) >= 11 is 0. The zero-order valence-corrected chi connectivity index (χ0v) is 17.0. The summed E-state index contributed by atoms with van der Waals surface area (Å²) in [5.74, 6) is -0.560. The minimum Gasteiger partial charge on any atom is -0.494 e. The van der Waals surface area contributed by atoms with Gasteiger partial charge in [0.05, 0.1) is 38.4 Å². The number of hydrogen-bond acceptors (Lipinski definition) is 5. The van der Waals surface area contributed by atoms with Gasteiger partial charge in [-0.2, -0.15) is 0 Å². The highest BCUT2D eigenvalue weighted by molar-refractivity contribution is 6.40. The van der Waals surface area contributed by atoms with Crippen LogP contribution >= 0.6 is 0 Å². The quantitative estimate of drug-likeness (QED) is 0.276. The lowest BCUT2D eigenvalue weighted by Crippen LogP contribution is -2.28. The maximum atomic E-state index is 13.3. The number of rotatable bonds is 0. The van der Waals surface area contributed by atoms with Gasteiger partial charge >= 0.3 is 0 Å². The molecule has 8 rings (SSSR count). The highest BCUT2D eigenvalue weighted by Gasteiger charge is 2.32. The van der Waals surface area contributed by atoms with Gasteiger partial charge in [0, 0.05) is 38.9 Å². The maximum absolute atomic E-state index is 13.3. The van der Waals surface area contributed by atoms with Crippen LogP contribution in [0.25, 0.3) is 65.2 Å². The second kappa shape index (κ2) is 5.39. The number of aromatic nitrogens is 3. The van der Waals surface area contributed by atoms with Gasteiger partial charge in [-0.3, -0.25) is 9.78 Å². The van der Waals surface area contributed by atoms with Crippen molar-refractivity contribution in [1.29, 1.82) is 0 Å². The van der Waals surface area contributed by atoms with E-state index in [9.17, 15) is 15.0 Å². The summed E-state index contributed by atoms with van der Waals surface area (Å²) in [6.07, 6.45) is 0. The number of carbonyl (C=O) groups is 1. The van der Waals surface area contributed by atoms with E-state index in [1.54, 1.807) is 0 Å². The molecule has 1 aliphatic heterocycles. The van der Waals surface area contributed by atoms with Crippen LogP contribution in [0.5, 0.6) is 11.8 Å². The van der Waals surface area contributed by atoms with Gasteiger partial charge < -0.3 is 15.5 Å². The molecule has 1 amide bonds. The van der Waals surface area contributed by atoms with Crippen LogP contribution in [-0.2, 0) is 6.54 Å². The third-order valence-electron chi connectivity index (χ3n) is 6.98. The lowest BCUT2D eigenvalue weighted by Gasteiger charge is -2.23. The Bertz CT molecular complexity index is 2020. The topological polar surface area (TPSA) is 111 Å². The normalized spacial score (nSPS) is 13.9. The summed E-state index contributed by atoms with van der Waals surface area (Å²) in [6.45, 7) is 0.328. The van der Waals surface area contributed by atoms with Gasteiger partial charge in [-0.25, -0.2) is 9.97 Å². The fraction of sp³-hybridized carbons (Fsp3) is 0.0385. The number of H-pyrrole nitrogens is 1. The zero-order valence-electron chi connectivity index (χ0n) is 17.0. The Labute approximate surface area is 184 Å². The van der Waals surface area contributed by atoms with Crippen LogP contribution in [0, 0.1) is 0 Å². The standard InChI is InChI=1S/C26H14N4O3/c31-24-20-16-12(9-27-24)15-10-5-1-3-7-13(10)28-22(15)21-18(16)19(25(32)30-26(21)33)17-11-6-2-4-8-14(11)29-23(17)20/h1-8,30,32-33H,9H2,(H,27,31). The van der Waals surface area contributed by atoms with Crippen LogP contribution in [0.2, 0.25) is 0 Å². The summed E-state index contributed by atoms with van der Waals surface area (Å²) in [5.41, 5.74) is 4.13. The van der Waals surface area contributed by atoms with Crippen molar-refractivity contribution in [3.05, 3.63) is 59.7 Å². The van der Waals surface area contributed by atoms with E-state index in [0.29, 0.717) is 50.1 Å². The highest BCUT2D eigenvalue weighted by atomic mass is 16.3. The first-order valence-electron chi connectivity index (χ1n) is 10.7. The molecule has 4 N–H and O–H groups in total. The number of aromatic amines is 1. The van der Waals surface area contributed by atoms with E-state index >= 15 is 0 Å². The van der Waals surface area contributed by atoms with Crippen molar-refractivity contribution >= 4 is 71.1 Å². The second-order valence-corrected chi connectivity index (χ2v) is 8.56. The fourth-order valence-electron chi connectivity index (χ4n) is 5.74. The molecule has 0 bridgehead atoms. The third-order valence-corrected chi connectivity index (χ3v) is 6.98. The molecule has 3 aromatic heterocycles. The second-order valence-electron chi connectivity index (χ2n) is 8.56. The predicted octanol–water partition coefficient (Wildman–Crippen LogP) is 4.82. The number of para-hydroxylation sites is 2. The number of carbonyl (C=O) groups excluding carboxylic acids is 1. The molecule has 0 atom stereocenters. The molecule has 0 unspecified atom stereocenters. The predicted molar refractivity (Wildman–Crippen MR) is 127 cm³/mol. The molecule has 0 saturated carbocycles. The molecule has 0 saturated heterocycles. The van der Waals surface area contributed by atoms with Crippen LogP contribution in [0.4, 0.5) is 0 Å². The Balaban J connectivity index is 1.84. The Kier molecular flexibility index (Phi) is 2.77. The molecule has 0 radical (unpaired) electrons. The van der Waals surface area contributed by atoms with Crippen molar-refractivity contribution in [2.75, 3.05) is 0 Å². The van der Waals surface area contributed by atoms with E-state index in [-0.39, 0.29) is 17.7 Å². The Morgan fingerprint density at radius 1 is 0.697 bits per heavy atom. The van der Waals surface area contributed by atoms with E-state index in [4.69, 9.17) is 9.97 Å². The number of benzene rings is 4. The summed E-state index contributed by atoms with van der Waals surface area (Å²) in [4.78, 5) is 25.7.